The van der Waals surface area contributed by atoms with Crippen molar-refractivity contribution >= 4 is 28.6 Å². The molecule has 0 aliphatic heterocycles. The topological polar surface area (TPSA) is 15.8 Å². The van der Waals surface area contributed by atoms with Crippen LogP contribution in [0.3, 0.4) is 0 Å². The van der Waals surface area contributed by atoms with Gasteiger partial charge in [0.2, 0.25) is 0 Å². The molecule has 0 saturated heterocycles. The summed E-state index contributed by atoms with van der Waals surface area (Å²) < 4.78 is 0. The van der Waals surface area contributed by atoms with E-state index in [1.165, 1.54) is 44.6 Å². The number of nitrogens with one attached hydrogen (secondary N) is 1. The number of benzene rings is 2. The molecule has 1 nitrogen and oxygen atoms in total. The molecule has 0 fully saturated rings. The molecule has 23 heavy (non-hydrogen) atoms. The highest BCUT2D eigenvalue weighted by molar-refractivity contribution is 5.90. The largest absolute Gasteiger partial charge is 0.355 e. The van der Waals surface area contributed by atoms with Crippen molar-refractivity contribution in [1.82, 2.24) is 4.98 Å². The molecule has 1 N–H and O–H groups in total. The number of aromatic amines is 1. The van der Waals surface area contributed by atoms with E-state index in [4.69, 9.17) is 0 Å². The van der Waals surface area contributed by atoms with Crippen LogP contribution in [0.4, 0.5) is 0 Å². The monoisotopic (exact) mass is 297 g/mol. The Kier molecular flexibility index (Phi) is 2.81. The van der Waals surface area contributed by atoms with E-state index in [1.807, 2.05) is 0 Å². The highest BCUT2D eigenvalue weighted by Crippen LogP contribution is 2.34. The minimum absolute atomic E-state index is 1.14. The Morgan fingerprint density at radius 2 is 1.70 bits per heavy atom. The molecule has 2 aliphatic rings. The number of allylic oxidation sites excluding steroid dienone is 1. The lowest BCUT2D eigenvalue weighted by Gasteiger charge is -2.19. The minimum atomic E-state index is 1.14. The fraction of sp³-hybridized carbons (Fsp3) is 0.182. The van der Waals surface area contributed by atoms with Crippen molar-refractivity contribution in [3.63, 3.8) is 0 Å². The maximum absolute atomic E-state index is 3.61. The lowest BCUT2D eigenvalue weighted by Crippen LogP contribution is -2.29. The Bertz CT molecular complexity index is 1060. The number of hydrogen-bond acceptors (Lipinski definition) is 0. The van der Waals surface area contributed by atoms with E-state index < -0.39 is 0 Å². The minimum Gasteiger partial charge on any atom is -0.355 e. The van der Waals surface area contributed by atoms with Gasteiger partial charge in [-0.15, -0.1) is 0 Å². The average Bonchev–Trinajstić information content (AvgIpc) is 2.99. The first kappa shape index (κ1) is 13.0. The second-order valence-electron chi connectivity index (χ2n) is 6.54. The van der Waals surface area contributed by atoms with Gasteiger partial charge in [0.1, 0.15) is 0 Å². The highest BCUT2D eigenvalue weighted by Gasteiger charge is 2.18. The Labute approximate surface area is 135 Å². The van der Waals surface area contributed by atoms with Crippen LogP contribution in [0.15, 0.2) is 54.1 Å². The van der Waals surface area contributed by atoms with Crippen LogP contribution in [-0.2, 0) is 6.42 Å². The van der Waals surface area contributed by atoms with E-state index in [-0.39, 0.29) is 0 Å². The number of rotatable bonds is 1. The van der Waals surface area contributed by atoms with E-state index in [1.54, 1.807) is 5.57 Å². The molecule has 2 aliphatic carbocycles. The Morgan fingerprint density at radius 1 is 0.826 bits per heavy atom. The lowest BCUT2D eigenvalue weighted by atomic mass is 9.86. The fourth-order valence-corrected chi connectivity index (χ4v) is 4.15. The quantitative estimate of drug-likeness (QED) is 0.700. The highest BCUT2D eigenvalue weighted by atomic mass is 14.7. The Hall–Kier alpha value is -2.54. The van der Waals surface area contributed by atoms with Crippen LogP contribution < -0.4 is 10.4 Å². The predicted octanol–water partition coefficient (Wildman–Crippen LogP) is 3.92. The van der Waals surface area contributed by atoms with Crippen LogP contribution in [0.1, 0.15) is 30.5 Å². The number of aryl methyl sites for hydroxylation is 1. The van der Waals surface area contributed by atoms with Gasteiger partial charge in [-0.1, -0.05) is 48.5 Å². The Morgan fingerprint density at radius 3 is 2.70 bits per heavy atom. The summed E-state index contributed by atoms with van der Waals surface area (Å²) in [7, 11) is 0. The smallest absolute Gasteiger partial charge is 0.0461 e. The number of aromatic nitrogens is 1. The van der Waals surface area contributed by atoms with Gasteiger partial charge in [-0.05, 0) is 65.0 Å². The molecule has 0 spiro atoms. The van der Waals surface area contributed by atoms with Crippen molar-refractivity contribution in [2.24, 2.45) is 0 Å². The maximum Gasteiger partial charge on any atom is 0.0461 e. The van der Waals surface area contributed by atoms with Gasteiger partial charge in [-0.25, -0.2) is 0 Å². The summed E-state index contributed by atoms with van der Waals surface area (Å²) in [5.41, 5.74) is 7.13. The SMILES string of the molecule is C1=C(C2=c3ccccc3=CCC2)CCc2c1[nH]c1ccccc21. The number of fused-ring (bicyclic) bond motifs is 4. The number of para-hydroxylation sites is 1. The number of hydrogen-bond donors (Lipinski definition) is 1. The van der Waals surface area contributed by atoms with Crippen molar-refractivity contribution in [1.29, 1.82) is 0 Å². The van der Waals surface area contributed by atoms with Crippen LogP contribution >= 0.6 is 0 Å². The molecule has 0 bridgehead atoms. The van der Waals surface area contributed by atoms with Gasteiger partial charge in [0.25, 0.3) is 0 Å². The summed E-state index contributed by atoms with van der Waals surface area (Å²) in [5.74, 6) is 0. The summed E-state index contributed by atoms with van der Waals surface area (Å²) in [4.78, 5) is 3.61. The van der Waals surface area contributed by atoms with Gasteiger partial charge < -0.3 is 4.98 Å². The molecule has 112 valence electrons. The molecule has 2 aromatic carbocycles. The van der Waals surface area contributed by atoms with Crippen LogP contribution in [0.25, 0.3) is 28.6 Å². The first-order chi connectivity index (χ1) is 11.4. The molecule has 0 saturated carbocycles. The van der Waals surface area contributed by atoms with Gasteiger partial charge in [-0.3, -0.25) is 0 Å². The second kappa shape index (κ2) is 4.99. The van der Waals surface area contributed by atoms with Crippen LogP contribution in [0.2, 0.25) is 0 Å². The van der Waals surface area contributed by atoms with E-state index >= 15 is 0 Å². The van der Waals surface area contributed by atoms with Gasteiger partial charge in [-0.2, -0.15) is 0 Å². The number of H-pyrrole nitrogens is 1. The second-order valence-corrected chi connectivity index (χ2v) is 6.54. The summed E-state index contributed by atoms with van der Waals surface area (Å²) in [5, 5.41) is 4.22. The fourth-order valence-electron chi connectivity index (χ4n) is 4.15. The molecule has 0 amide bonds. The van der Waals surface area contributed by atoms with Crippen molar-refractivity contribution in [3.05, 3.63) is 75.8 Å². The lowest BCUT2D eigenvalue weighted by molar-refractivity contribution is 0.935. The average molecular weight is 297 g/mol. The predicted molar refractivity (Wildman–Crippen MR) is 97.4 cm³/mol. The molecule has 1 aromatic heterocycles. The molecule has 0 radical (unpaired) electrons. The summed E-state index contributed by atoms with van der Waals surface area (Å²) in [6, 6.07) is 17.5. The normalized spacial score (nSPS) is 16.5. The maximum atomic E-state index is 3.61. The molecule has 0 unspecified atom stereocenters. The molecular formula is C22H19N. The summed E-state index contributed by atoms with van der Waals surface area (Å²) in [6.45, 7) is 0. The third-order valence-electron chi connectivity index (χ3n) is 5.24. The van der Waals surface area contributed by atoms with E-state index in [2.05, 4.69) is 65.7 Å². The molecule has 1 heterocycles. The van der Waals surface area contributed by atoms with Crippen molar-refractivity contribution < 1.29 is 0 Å². The zero-order valence-electron chi connectivity index (χ0n) is 13.1. The molecular weight excluding hydrogens is 278 g/mol. The van der Waals surface area contributed by atoms with Crippen molar-refractivity contribution in [3.8, 4) is 0 Å². The van der Waals surface area contributed by atoms with Crippen LogP contribution in [-0.4, -0.2) is 4.98 Å². The third kappa shape index (κ3) is 2.00. The zero-order chi connectivity index (χ0) is 15.2. The first-order valence-electron chi connectivity index (χ1n) is 8.49. The zero-order valence-corrected chi connectivity index (χ0v) is 13.1. The Balaban J connectivity index is 1.73. The van der Waals surface area contributed by atoms with E-state index in [0.717, 1.165) is 19.3 Å². The third-order valence-corrected chi connectivity index (χ3v) is 5.24. The van der Waals surface area contributed by atoms with Gasteiger partial charge in [0.05, 0.1) is 0 Å². The molecule has 3 aromatic rings. The summed E-state index contributed by atoms with van der Waals surface area (Å²) in [6.07, 6.45) is 9.38. The molecule has 1 heteroatoms. The van der Waals surface area contributed by atoms with Crippen LogP contribution in [0.5, 0.6) is 0 Å². The first-order valence-corrected chi connectivity index (χ1v) is 8.49. The van der Waals surface area contributed by atoms with E-state index in [9.17, 15) is 0 Å². The molecule has 5 rings (SSSR count). The van der Waals surface area contributed by atoms with Crippen molar-refractivity contribution in [2.45, 2.75) is 25.7 Å². The van der Waals surface area contributed by atoms with Gasteiger partial charge >= 0.3 is 0 Å². The van der Waals surface area contributed by atoms with E-state index in [0.29, 0.717) is 0 Å². The summed E-state index contributed by atoms with van der Waals surface area (Å²) >= 11 is 0. The standard InChI is InChI=1S/C22H19N/c1-2-8-17-15(6-1)7-5-10-18(17)16-12-13-20-19-9-3-4-11-21(19)23-22(20)14-16/h1-4,6-9,11,14,23H,5,10,12-13H2. The molecule has 0 atom stereocenters. The van der Waals surface area contributed by atoms with Gasteiger partial charge in [0.15, 0.2) is 0 Å². The van der Waals surface area contributed by atoms with Gasteiger partial charge in [0, 0.05) is 16.6 Å². The van der Waals surface area contributed by atoms with Crippen LogP contribution in [0, 0.1) is 0 Å². The van der Waals surface area contributed by atoms with Crippen molar-refractivity contribution in [2.75, 3.05) is 0 Å².